The predicted molar refractivity (Wildman–Crippen MR) is 82.7 cm³/mol. The first-order valence-corrected chi connectivity index (χ1v) is 7.63. The van der Waals surface area contributed by atoms with Gasteiger partial charge < -0.3 is 15.4 Å². The van der Waals surface area contributed by atoms with Gasteiger partial charge in [-0.2, -0.15) is 0 Å². The Morgan fingerprint density at radius 1 is 1.45 bits per heavy atom. The third kappa shape index (κ3) is 1.54. The molecule has 2 heterocycles. The van der Waals surface area contributed by atoms with E-state index in [1.165, 1.54) is 11.1 Å². The Kier molecular flexibility index (Phi) is 2.58. The van der Waals surface area contributed by atoms with E-state index in [4.69, 9.17) is 22.7 Å². The van der Waals surface area contributed by atoms with Crippen LogP contribution in [0.25, 0.3) is 0 Å². The van der Waals surface area contributed by atoms with Crippen LogP contribution in [0.15, 0.2) is 30.4 Å². The minimum absolute atomic E-state index is 0.0315. The summed E-state index contributed by atoms with van der Waals surface area (Å²) < 4.78 is 6.24. The fourth-order valence-electron chi connectivity index (χ4n) is 3.96. The standard InChI is InChI=1S/C16H18N2OS/c17-15(20)18-9-8-16-7-2-1-6-13(16)19-12-5-3-4-11(10-18)14(12)16/h2-5,7,13H,1,6,8-10H2,(H2,17,20). The summed E-state index contributed by atoms with van der Waals surface area (Å²) in [5.41, 5.74) is 8.58. The van der Waals surface area contributed by atoms with Gasteiger partial charge in [0.05, 0.1) is 5.41 Å². The van der Waals surface area contributed by atoms with Crippen molar-refractivity contribution in [3.63, 3.8) is 0 Å². The first-order chi connectivity index (χ1) is 9.71. The molecule has 1 spiro atoms. The maximum atomic E-state index is 6.24. The molecule has 0 saturated carbocycles. The number of ether oxygens (including phenoxy) is 1. The summed E-state index contributed by atoms with van der Waals surface area (Å²) in [6.45, 7) is 1.69. The molecule has 104 valence electrons. The molecule has 20 heavy (non-hydrogen) atoms. The molecule has 0 saturated heterocycles. The molecular weight excluding hydrogens is 268 g/mol. The van der Waals surface area contributed by atoms with Crippen LogP contribution in [0.3, 0.4) is 0 Å². The van der Waals surface area contributed by atoms with Crippen LogP contribution < -0.4 is 10.5 Å². The van der Waals surface area contributed by atoms with E-state index in [0.29, 0.717) is 5.11 Å². The second-order valence-corrected chi connectivity index (χ2v) is 6.34. The molecular formula is C16H18N2OS. The molecule has 0 radical (unpaired) electrons. The van der Waals surface area contributed by atoms with Gasteiger partial charge in [0.1, 0.15) is 11.9 Å². The Bertz CT molecular complexity index is 612. The van der Waals surface area contributed by atoms with Gasteiger partial charge in [0, 0.05) is 18.7 Å². The van der Waals surface area contributed by atoms with Crippen molar-refractivity contribution in [2.75, 3.05) is 6.54 Å². The first-order valence-electron chi connectivity index (χ1n) is 7.22. The second-order valence-electron chi connectivity index (χ2n) is 5.93. The molecule has 4 rings (SSSR count). The highest BCUT2D eigenvalue weighted by molar-refractivity contribution is 7.80. The Morgan fingerprint density at radius 2 is 2.35 bits per heavy atom. The van der Waals surface area contributed by atoms with E-state index in [9.17, 15) is 0 Å². The van der Waals surface area contributed by atoms with E-state index < -0.39 is 0 Å². The number of nitrogens with zero attached hydrogens (tertiary/aromatic N) is 1. The van der Waals surface area contributed by atoms with E-state index in [1.807, 2.05) is 0 Å². The molecule has 1 aliphatic carbocycles. The fourth-order valence-corrected chi connectivity index (χ4v) is 4.12. The molecule has 1 aromatic rings. The second kappa shape index (κ2) is 4.22. The summed E-state index contributed by atoms with van der Waals surface area (Å²) in [6, 6.07) is 6.36. The summed E-state index contributed by atoms with van der Waals surface area (Å²) in [7, 11) is 0. The number of allylic oxidation sites excluding steroid dienone is 1. The topological polar surface area (TPSA) is 38.5 Å². The van der Waals surface area contributed by atoms with Crippen molar-refractivity contribution >= 4 is 17.3 Å². The van der Waals surface area contributed by atoms with E-state index in [2.05, 4.69) is 35.3 Å². The molecule has 2 aliphatic heterocycles. The van der Waals surface area contributed by atoms with Crippen molar-refractivity contribution in [2.45, 2.75) is 37.3 Å². The van der Waals surface area contributed by atoms with Gasteiger partial charge >= 0.3 is 0 Å². The highest BCUT2D eigenvalue weighted by Crippen LogP contribution is 2.52. The largest absolute Gasteiger partial charge is 0.489 e. The lowest BCUT2D eigenvalue weighted by Gasteiger charge is -2.34. The van der Waals surface area contributed by atoms with Crippen molar-refractivity contribution in [3.05, 3.63) is 41.5 Å². The van der Waals surface area contributed by atoms with E-state index in [1.54, 1.807) is 0 Å². The van der Waals surface area contributed by atoms with Crippen molar-refractivity contribution in [1.82, 2.24) is 4.90 Å². The minimum atomic E-state index is 0.0315. The van der Waals surface area contributed by atoms with Gasteiger partial charge in [0.15, 0.2) is 5.11 Å². The molecule has 0 bridgehead atoms. The van der Waals surface area contributed by atoms with Gasteiger partial charge in [-0.15, -0.1) is 0 Å². The summed E-state index contributed by atoms with van der Waals surface area (Å²) in [5.74, 6) is 1.06. The van der Waals surface area contributed by atoms with Crippen LogP contribution in [-0.4, -0.2) is 22.7 Å². The van der Waals surface area contributed by atoms with Crippen LogP contribution in [0.5, 0.6) is 5.75 Å². The van der Waals surface area contributed by atoms with Crippen LogP contribution in [0.2, 0.25) is 0 Å². The van der Waals surface area contributed by atoms with Crippen molar-refractivity contribution in [1.29, 1.82) is 0 Å². The summed E-state index contributed by atoms with van der Waals surface area (Å²) in [5, 5.41) is 0.497. The van der Waals surface area contributed by atoms with Gasteiger partial charge in [-0.25, -0.2) is 0 Å². The lowest BCUT2D eigenvalue weighted by atomic mass is 9.69. The Labute approximate surface area is 124 Å². The van der Waals surface area contributed by atoms with Crippen LogP contribution >= 0.6 is 12.2 Å². The molecule has 2 atom stereocenters. The molecule has 2 unspecified atom stereocenters. The third-order valence-electron chi connectivity index (χ3n) is 4.90. The minimum Gasteiger partial charge on any atom is -0.489 e. The fraction of sp³-hybridized carbons (Fsp3) is 0.438. The van der Waals surface area contributed by atoms with E-state index >= 15 is 0 Å². The van der Waals surface area contributed by atoms with Crippen LogP contribution in [-0.2, 0) is 12.0 Å². The zero-order chi connectivity index (χ0) is 13.7. The monoisotopic (exact) mass is 286 g/mol. The molecule has 3 nitrogen and oxygen atoms in total. The Morgan fingerprint density at radius 3 is 3.20 bits per heavy atom. The Balaban J connectivity index is 1.90. The van der Waals surface area contributed by atoms with Gasteiger partial charge in [0.25, 0.3) is 0 Å². The number of hydrogen-bond donors (Lipinski definition) is 1. The number of thiocarbonyl (C=S) groups is 1. The predicted octanol–water partition coefficient (Wildman–Crippen LogP) is 2.48. The SMILES string of the molecule is NC(=S)N1CCC23C=CCCC2Oc2cccc(c23)C1. The maximum Gasteiger partial charge on any atom is 0.166 e. The molecule has 0 aromatic heterocycles. The van der Waals surface area contributed by atoms with Gasteiger partial charge in [-0.3, -0.25) is 0 Å². The van der Waals surface area contributed by atoms with Gasteiger partial charge in [-0.1, -0.05) is 24.3 Å². The maximum absolute atomic E-state index is 6.24. The summed E-state index contributed by atoms with van der Waals surface area (Å²) >= 11 is 5.19. The number of rotatable bonds is 0. The van der Waals surface area contributed by atoms with E-state index in [-0.39, 0.29) is 11.5 Å². The van der Waals surface area contributed by atoms with Crippen LogP contribution in [0.1, 0.15) is 30.4 Å². The highest BCUT2D eigenvalue weighted by Gasteiger charge is 2.50. The molecule has 4 heteroatoms. The zero-order valence-electron chi connectivity index (χ0n) is 11.3. The summed E-state index contributed by atoms with van der Waals surface area (Å²) in [6.07, 6.45) is 8.18. The smallest absolute Gasteiger partial charge is 0.166 e. The van der Waals surface area contributed by atoms with Gasteiger partial charge in [-0.05, 0) is 43.1 Å². The average Bonchev–Trinajstić information content (AvgIpc) is 2.68. The first kappa shape index (κ1) is 12.2. The highest BCUT2D eigenvalue weighted by atomic mass is 32.1. The number of benzene rings is 1. The lowest BCUT2D eigenvalue weighted by Crippen LogP contribution is -2.41. The average molecular weight is 286 g/mol. The van der Waals surface area contributed by atoms with Crippen molar-refractivity contribution in [3.8, 4) is 5.75 Å². The number of hydrogen-bond acceptors (Lipinski definition) is 2. The Hall–Kier alpha value is -1.55. The summed E-state index contributed by atoms with van der Waals surface area (Å²) in [4.78, 5) is 2.11. The molecule has 2 N–H and O–H groups in total. The molecule has 0 amide bonds. The molecule has 3 aliphatic rings. The third-order valence-corrected chi connectivity index (χ3v) is 5.16. The van der Waals surface area contributed by atoms with Crippen LogP contribution in [0, 0.1) is 0 Å². The quantitative estimate of drug-likeness (QED) is 0.587. The molecule has 0 fully saturated rings. The number of nitrogens with two attached hydrogens (primary N) is 1. The van der Waals surface area contributed by atoms with E-state index in [0.717, 1.165) is 38.1 Å². The van der Waals surface area contributed by atoms with Crippen molar-refractivity contribution < 1.29 is 4.74 Å². The molecule has 1 aromatic carbocycles. The zero-order valence-corrected chi connectivity index (χ0v) is 12.2. The lowest BCUT2D eigenvalue weighted by molar-refractivity contribution is 0.146. The van der Waals surface area contributed by atoms with Gasteiger partial charge in [0.2, 0.25) is 0 Å². The van der Waals surface area contributed by atoms with Crippen molar-refractivity contribution in [2.24, 2.45) is 5.73 Å². The normalized spacial score (nSPS) is 30.2. The van der Waals surface area contributed by atoms with Crippen LogP contribution in [0.4, 0.5) is 0 Å².